The Hall–Kier alpha value is -1.41. The monoisotopic (exact) mass is 223 g/mol. The van der Waals surface area contributed by atoms with Crippen LogP contribution in [-0.4, -0.2) is 6.21 Å². The number of benzene rings is 1. The molecule has 78 valence electrons. The maximum Gasteiger partial charge on any atom is 0.142 e. The van der Waals surface area contributed by atoms with E-state index in [0.717, 1.165) is 0 Å². The molecule has 1 aromatic carbocycles. The maximum atomic E-state index is 13.2. The largest absolute Gasteiger partial charge is 0.257 e. The van der Waals surface area contributed by atoms with Crippen LogP contribution in [0.15, 0.2) is 41.9 Å². The molecule has 0 saturated carbocycles. The van der Waals surface area contributed by atoms with Crippen molar-refractivity contribution in [1.29, 1.82) is 0 Å². The quantitative estimate of drug-likeness (QED) is 0.685. The summed E-state index contributed by atoms with van der Waals surface area (Å²) in [6.07, 6.45) is 4.86. The van der Waals surface area contributed by atoms with E-state index in [1.807, 2.05) is 6.92 Å². The molecule has 0 bridgehead atoms. The molecular formula is C12H11ClFN. The van der Waals surface area contributed by atoms with Gasteiger partial charge in [0.1, 0.15) is 5.82 Å². The summed E-state index contributed by atoms with van der Waals surface area (Å²) >= 11 is 5.83. The third-order valence-corrected chi connectivity index (χ3v) is 2.20. The van der Waals surface area contributed by atoms with Gasteiger partial charge in [0, 0.05) is 11.8 Å². The molecule has 0 aromatic heterocycles. The molecule has 0 atom stereocenters. The van der Waals surface area contributed by atoms with Gasteiger partial charge in [-0.1, -0.05) is 42.5 Å². The summed E-state index contributed by atoms with van der Waals surface area (Å²) in [5.74, 6) is -0.442. The summed E-state index contributed by atoms with van der Waals surface area (Å²) in [5, 5.41) is 0.0896. The summed E-state index contributed by atoms with van der Waals surface area (Å²) in [4.78, 5) is 4.10. The molecule has 0 fully saturated rings. The first kappa shape index (κ1) is 11.7. The van der Waals surface area contributed by atoms with Crippen molar-refractivity contribution < 1.29 is 4.39 Å². The molecule has 0 spiro atoms. The Kier molecular flexibility index (Phi) is 4.25. The third-order valence-electron chi connectivity index (χ3n) is 1.82. The van der Waals surface area contributed by atoms with Gasteiger partial charge in [0.25, 0.3) is 0 Å². The van der Waals surface area contributed by atoms with Crippen molar-refractivity contribution in [2.45, 2.75) is 6.92 Å². The number of hydrogen-bond acceptors (Lipinski definition) is 1. The molecule has 1 nitrogen and oxygen atoms in total. The van der Waals surface area contributed by atoms with Crippen LogP contribution in [0.5, 0.6) is 0 Å². The fourth-order valence-corrected chi connectivity index (χ4v) is 1.36. The van der Waals surface area contributed by atoms with Crippen LogP contribution in [0.4, 0.5) is 4.39 Å². The normalized spacial score (nSPS) is 12.1. The lowest BCUT2D eigenvalue weighted by Crippen LogP contribution is -1.86. The lowest BCUT2D eigenvalue weighted by molar-refractivity contribution is 0.628. The predicted molar refractivity (Wildman–Crippen MR) is 63.8 cm³/mol. The molecule has 0 saturated heterocycles. The number of halogens is 2. The highest BCUT2D eigenvalue weighted by atomic mass is 35.5. The van der Waals surface area contributed by atoms with Gasteiger partial charge in [-0.2, -0.15) is 0 Å². The minimum atomic E-state index is -0.442. The van der Waals surface area contributed by atoms with Gasteiger partial charge >= 0.3 is 0 Å². The van der Waals surface area contributed by atoms with E-state index in [9.17, 15) is 4.39 Å². The fraction of sp³-hybridized carbons (Fsp3) is 0.0833. The minimum Gasteiger partial charge on any atom is -0.257 e. The standard InChI is InChI=1S/C12H11ClFN/c1-3-8-15-11(4-2)9-6-5-7-10(14)12(9)13/h3-8H,1H2,2H3/b11-4-,15-8?. The van der Waals surface area contributed by atoms with Crippen molar-refractivity contribution in [2.24, 2.45) is 4.99 Å². The lowest BCUT2D eigenvalue weighted by Gasteiger charge is -2.04. The molecule has 1 aromatic rings. The molecule has 0 heterocycles. The van der Waals surface area contributed by atoms with Crippen molar-refractivity contribution in [1.82, 2.24) is 0 Å². The van der Waals surface area contributed by atoms with Gasteiger partial charge in [-0.3, -0.25) is 4.99 Å². The van der Waals surface area contributed by atoms with Crippen LogP contribution in [-0.2, 0) is 0 Å². The first-order valence-electron chi connectivity index (χ1n) is 4.46. The van der Waals surface area contributed by atoms with Gasteiger partial charge in [0.2, 0.25) is 0 Å². The van der Waals surface area contributed by atoms with Crippen LogP contribution in [0.25, 0.3) is 5.70 Å². The summed E-state index contributed by atoms with van der Waals surface area (Å²) < 4.78 is 13.2. The van der Waals surface area contributed by atoms with Gasteiger partial charge in [0.15, 0.2) is 0 Å². The molecule has 0 aliphatic rings. The smallest absolute Gasteiger partial charge is 0.142 e. The molecule has 3 heteroatoms. The first-order chi connectivity index (χ1) is 7.20. The summed E-state index contributed by atoms with van der Waals surface area (Å²) in [7, 11) is 0. The van der Waals surface area contributed by atoms with Crippen LogP contribution in [0.2, 0.25) is 5.02 Å². The minimum absolute atomic E-state index is 0.0896. The second-order valence-corrected chi connectivity index (χ2v) is 3.17. The Labute approximate surface area is 93.6 Å². The Bertz CT molecular complexity index is 422. The summed E-state index contributed by atoms with van der Waals surface area (Å²) in [6.45, 7) is 5.33. The van der Waals surface area contributed by atoms with Gasteiger partial charge in [-0.25, -0.2) is 4.39 Å². The fourth-order valence-electron chi connectivity index (χ4n) is 1.13. The zero-order valence-corrected chi connectivity index (χ0v) is 9.13. The van der Waals surface area contributed by atoms with E-state index in [0.29, 0.717) is 11.3 Å². The van der Waals surface area contributed by atoms with Gasteiger partial charge in [-0.05, 0) is 13.0 Å². The Morgan fingerprint density at radius 1 is 1.53 bits per heavy atom. The average Bonchev–Trinajstić information content (AvgIpc) is 2.25. The van der Waals surface area contributed by atoms with Crippen molar-refractivity contribution in [2.75, 3.05) is 0 Å². The average molecular weight is 224 g/mol. The van der Waals surface area contributed by atoms with E-state index in [1.54, 1.807) is 24.3 Å². The zero-order valence-electron chi connectivity index (χ0n) is 8.37. The van der Waals surface area contributed by atoms with Crippen LogP contribution < -0.4 is 0 Å². The molecule has 1 rings (SSSR count). The first-order valence-corrected chi connectivity index (χ1v) is 4.84. The van der Waals surface area contributed by atoms with Crippen molar-refractivity contribution in [3.05, 3.63) is 53.3 Å². The Balaban J connectivity index is 3.19. The molecule has 15 heavy (non-hydrogen) atoms. The summed E-state index contributed by atoms with van der Waals surface area (Å²) in [6, 6.07) is 4.64. The van der Waals surface area contributed by atoms with Crippen LogP contribution in [0.1, 0.15) is 12.5 Å². The van der Waals surface area contributed by atoms with Crippen LogP contribution in [0.3, 0.4) is 0 Å². The molecule has 0 aliphatic carbocycles. The number of aliphatic imine (C=N–C) groups is 1. The SMILES string of the molecule is C=CC=N/C(=C\C)c1cccc(F)c1Cl. The second-order valence-electron chi connectivity index (χ2n) is 2.79. The zero-order chi connectivity index (χ0) is 11.3. The highest BCUT2D eigenvalue weighted by Crippen LogP contribution is 2.26. The van der Waals surface area contributed by atoms with Gasteiger partial charge in [-0.15, -0.1) is 0 Å². The van der Waals surface area contributed by atoms with E-state index in [-0.39, 0.29) is 5.02 Å². The summed E-state index contributed by atoms with van der Waals surface area (Å²) in [5.41, 5.74) is 1.21. The molecule has 0 N–H and O–H groups in total. The van der Waals surface area contributed by atoms with Crippen molar-refractivity contribution in [3.8, 4) is 0 Å². The van der Waals surface area contributed by atoms with Gasteiger partial charge in [0.05, 0.1) is 10.7 Å². The van der Waals surface area contributed by atoms with E-state index in [1.165, 1.54) is 12.3 Å². The molecule has 0 aliphatic heterocycles. The van der Waals surface area contributed by atoms with E-state index < -0.39 is 5.82 Å². The number of rotatable bonds is 3. The van der Waals surface area contributed by atoms with E-state index in [2.05, 4.69) is 11.6 Å². The van der Waals surface area contributed by atoms with Crippen LogP contribution >= 0.6 is 11.6 Å². The van der Waals surface area contributed by atoms with Crippen molar-refractivity contribution >= 4 is 23.5 Å². The number of allylic oxidation sites excluding steroid dienone is 2. The number of hydrogen-bond donors (Lipinski definition) is 0. The highest BCUT2D eigenvalue weighted by molar-refractivity contribution is 6.32. The molecule has 0 radical (unpaired) electrons. The number of nitrogens with zero attached hydrogens (tertiary/aromatic N) is 1. The van der Waals surface area contributed by atoms with E-state index in [4.69, 9.17) is 11.6 Å². The third kappa shape index (κ3) is 2.77. The van der Waals surface area contributed by atoms with Gasteiger partial charge < -0.3 is 0 Å². The topological polar surface area (TPSA) is 12.4 Å². The Morgan fingerprint density at radius 3 is 2.87 bits per heavy atom. The molecule has 0 amide bonds. The maximum absolute atomic E-state index is 13.2. The molecular weight excluding hydrogens is 213 g/mol. The predicted octanol–water partition coefficient (Wildman–Crippen LogP) is 4.10. The second kappa shape index (κ2) is 5.47. The lowest BCUT2D eigenvalue weighted by atomic mass is 10.1. The Morgan fingerprint density at radius 2 is 2.27 bits per heavy atom. The highest BCUT2D eigenvalue weighted by Gasteiger charge is 2.08. The van der Waals surface area contributed by atoms with Crippen molar-refractivity contribution in [3.63, 3.8) is 0 Å². The van der Waals surface area contributed by atoms with Crippen LogP contribution in [0, 0.1) is 5.82 Å². The van der Waals surface area contributed by atoms with E-state index >= 15 is 0 Å². The molecule has 0 unspecified atom stereocenters.